The maximum atomic E-state index is 8.86. The standard InChI is InChI=1S/C11H15Br2NO2/c1-14(3-4-15)7-8-5-9(12)6-10(13)11(8)16-2/h5-6,15H,3-4,7H2,1-2H3. The van der Waals surface area contributed by atoms with Gasteiger partial charge in [0.1, 0.15) is 5.75 Å². The molecule has 90 valence electrons. The summed E-state index contributed by atoms with van der Waals surface area (Å²) in [5.41, 5.74) is 1.08. The highest BCUT2D eigenvalue weighted by atomic mass is 79.9. The molecule has 0 aliphatic carbocycles. The van der Waals surface area contributed by atoms with Gasteiger partial charge in [-0.1, -0.05) is 15.9 Å². The fourth-order valence-corrected chi connectivity index (χ4v) is 2.98. The van der Waals surface area contributed by atoms with Gasteiger partial charge in [0, 0.05) is 23.1 Å². The van der Waals surface area contributed by atoms with E-state index in [1.54, 1.807) is 7.11 Å². The lowest BCUT2D eigenvalue weighted by Crippen LogP contribution is -2.21. The molecule has 0 saturated heterocycles. The van der Waals surface area contributed by atoms with E-state index in [9.17, 15) is 0 Å². The predicted octanol–water partition coefficient (Wildman–Crippen LogP) is 2.64. The predicted molar refractivity (Wildman–Crippen MR) is 71.8 cm³/mol. The van der Waals surface area contributed by atoms with Gasteiger partial charge in [0.2, 0.25) is 0 Å². The number of ether oxygens (including phenoxy) is 1. The van der Waals surface area contributed by atoms with Crippen LogP contribution in [-0.4, -0.2) is 37.3 Å². The monoisotopic (exact) mass is 351 g/mol. The molecule has 0 aliphatic rings. The zero-order valence-corrected chi connectivity index (χ0v) is 12.5. The first-order chi connectivity index (χ1) is 7.58. The van der Waals surface area contributed by atoms with Crippen LogP contribution in [0, 0.1) is 0 Å². The second kappa shape index (κ2) is 6.59. The zero-order valence-electron chi connectivity index (χ0n) is 9.33. The molecule has 1 rings (SSSR count). The van der Waals surface area contributed by atoms with Crippen molar-refractivity contribution in [2.75, 3.05) is 27.3 Å². The van der Waals surface area contributed by atoms with Gasteiger partial charge in [0.25, 0.3) is 0 Å². The van der Waals surface area contributed by atoms with Crippen LogP contribution < -0.4 is 4.74 Å². The first-order valence-corrected chi connectivity index (χ1v) is 6.48. The molecule has 0 fully saturated rings. The topological polar surface area (TPSA) is 32.7 Å². The van der Waals surface area contributed by atoms with E-state index >= 15 is 0 Å². The number of halogens is 2. The minimum absolute atomic E-state index is 0.161. The first kappa shape index (κ1) is 14.0. The van der Waals surface area contributed by atoms with E-state index in [1.165, 1.54) is 0 Å². The van der Waals surface area contributed by atoms with Crippen molar-refractivity contribution >= 4 is 31.9 Å². The van der Waals surface area contributed by atoms with Gasteiger partial charge < -0.3 is 9.84 Å². The van der Waals surface area contributed by atoms with Crippen LogP contribution in [0.25, 0.3) is 0 Å². The van der Waals surface area contributed by atoms with Gasteiger partial charge in [0.15, 0.2) is 0 Å². The average Bonchev–Trinajstić information content (AvgIpc) is 2.17. The first-order valence-electron chi connectivity index (χ1n) is 4.89. The molecule has 0 aliphatic heterocycles. The van der Waals surface area contributed by atoms with Crippen molar-refractivity contribution in [3.63, 3.8) is 0 Å². The third kappa shape index (κ3) is 3.73. The molecule has 0 amide bonds. The molecular weight excluding hydrogens is 338 g/mol. The third-order valence-electron chi connectivity index (χ3n) is 2.21. The molecule has 0 spiro atoms. The minimum Gasteiger partial charge on any atom is -0.495 e. The lowest BCUT2D eigenvalue weighted by atomic mass is 10.2. The van der Waals surface area contributed by atoms with Gasteiger partial charge in [0.05, 0.1) is 18.2 Å². The summed E-state index contributed by atoms with van der Waals surface area (Å²) in [6, 6.07) is 3.98. The van der Waals surface area contributed by atoms with Crippen molar-refractivity contribution in [1.82, 2.24) is 4.90 Å². The summed E-state index contributed by atoms with van der Waals surface area (Å²) < 4.78 is 7.29. The Bertz CT molecular complexity index is 358. The molecule has 0 atom stereocenters. The summed E-state index contributed by atoms with van der Waals surface area (Å²) in [6.45, 7) is 1.54. The Balaban J connectivity index is 2.93. The quantitative estimate of drug-likeness (QED) is 0.884. The molecule has 0 unspecified atom stereocenters. The summed E-state index contributed by atoms with van der Waals surface area (Å²) >= 11 is 6.92. The summed E-state index contributed by atoms with van der Waals surface area (Å²) in [6.07, 6.45) is 0. The molecular formula is C11H15Br2NO2. The van der Waals surface area contributed by atoms with E-state index < -0.39 is 0 Å². The van der Waals surface area contributed by atoms with Gasteiger partial charge in [-0.05, 0) is 35.1 Å². The van der Waals surface area contributed by atoms with Crippen LogP contribution in [0.2, 0.25) is 0 Å². The van der Waals surface area contributed by atoms with Crippen molar-refractivity contribution in [3.05, 3.63) is 26.6 Å². The highest BCUT2D eigenvalue weighted by Crippen LogP contribution is 2.33. The Hall–Kier alpha value is -0.100. The molecule has 0 saturated carbocycles. The normalized spacial score (nSPS) is 10.9. The third-order valence-corrected chi connectivity index (χ3v) is 3.26. The lowest BCUT2D eigenvalue weighted by Gasteiger charge is -2.18. The van der Waals surface area contributed by atoms with Gasteiger partial charge in [-0.3, -0.25) is 4.90 Å². The molecule has 1 aromatic rings. The summed E-state index contributed by atoms with van der Waals surface area (Å²) in [5, 5.41) is 8.86. The van der Waals surface area contributed by atoms with E-state index in [-0.39, 0.29) is 6.61 Å². The molecule has 0 bridgehead atoms. The Morgan fingerprint density at radius 2 is 2.06 bits per heavy atom. The second-order valence-electron chi connectivity index (χ2n) is 3.54. The van der Waals surface area contributed by atoms with E-state index in [0.29, 0.717) is 6.54 Å². The maximum absolute atomic E-state index is 8.86. The average molecular weight is 353 g/mol. The van der Waals surface area contributed by atoms with Gasteiger partial charge in [-0.15, -0.1) is 0 Å². The minimum atomic E-state index is 0.161. The van der Waals surface area contributed by atoms with Gasteiger partial charge >= 0.3 is 0 Å². The maximum Gasteiger partial charge on any atom is 0.137 e. The molecule has 1 N–H and O–H groups in total. The molecule has 0 heterocycles. The van der Waals surface area contributed by atoms with Crippen molar-refractivity contribution in [2.45, 2.75) is 6.54 Å². The number of aliphatic hydroxyl groups is 1. The lowest BCUT2D eigenvalue weighted by molar-refractivity contribution is 0.216. The van der Waals surface area contributed by atoms with Gasteiger partial charge in [-0.2, -0.15) is 0 Å². The number of rotatable bonds is 5. The number of benzene rings is 1. The summed E-state index contributed by atoms with van der Waals surface area (Å²) in [5.74, 6) is 0.841. The molecule has 16 heavy (non-hydrogen) atoms. The molecule has 0 radical (unpaired) electrons. The Morgan fingerprint density at radius 1 is 1.38 bits per heavy atom. The number of hydrogen-bond donors (Lipinski definition) is 1. The fourth-order valence-electron chi connectivity index (χ4n) is 1.50. The number of likely N-dealkylation sites (N-methyl/N-ethyl adjacent to an activating group) is 1. The largest absolute Gasteiger partial charge is 0.495 e. The molecule has 0 aromatic heterocycles. The van der Waals surface area contributed by atoms with E-state index in [0.717, 1.165) is 26.8 Å². The van der Waals surface area contributed by atoms with Crippen LogP contribution in [0.3, 0.4) is 0 Å². The molecule has 5 heteroatoms. The van der Waals surface area contributed by atoms with Crippen LogP contribution in [0.5, 0.6) is 5.75 Å². The highest BCUT2D eigenvalue weighted by molar-refractivity contribution is 9.11. The van der Waals surface area contributed by atoms with Crippen LogP contribution >= 0.6 is 31.9 Å². The van der Waals surface area contributed by atoms with Gasteiger partial charge in [-0.25, -0.2) is 0 Å². The van der Waals surface area contributed by atoms with Crippen molar-refractivity contribution in [2.24, 2.45) is 0 Å². The Morgan fingerprint density at radius 3 is 2.62 bits per heavy atom. The van der Waals surface area contributed by atoms with Crippen molar-refractivity contribution in [3.8, 4) is 5.75 Å². The second-order valence-corrected chi connectivity index (χ2v) is 5.31. The smallest absolute Gasteiger partial charge is 0.137 e. The summed E-state index contributed by atoms with van der Waals surface area (Å²) in [4.78, 5) is 2.04. The molecule has 3 nitrogen and oxygen atoms in total. The van der Waals surface area contributed by atoms with E-state index in [4.69, 9.17) is 9.84 Å². The van der Waals surface area contributed by atoms with E-state index in [1.807, 2.05) is 24.1 Å². The van der Waals surface area contributed by atoms with Crippen LogP contribution in [0.1, 0.15) is 5.56 Å². The fraction of sp³-hybridized carbons (Fsp3) is 0.455. The SMILES string of the molecule is COc1c(Br)cc(Br)cc1CN(C)CCO. The number of aliphatic hydroxyl groups excluding tert-OH is 1. The Labute approximate surface area is 113 Å². The van der Waals surface area contributed by atoms with Crippen molar-refractivity contribution < 1.29 is 9.84 Å². The van der Waals surface area contributed by atoms with Crippen LogP contribution in [-0.2, 0) is 6.54 Å². The Kier molecular flexibility index (Phi) is 5.75. The van der Waals surface area contributed by atoms with Crippen LogP contribution in [0.4, 0.5) is 0 Å². The summed E-state index contributed by atoms with van der Waals surface area (Å²) in [7, 11) is 3.62. The number of nitrogens with zero attached hydrogens (tertiary/aromatic N) is 1. The number of hydrogen-bond acceptors (Lipinski definition) is 3. The highest BCUT2D eigenvalue weighted by Gasteiger charge is 2.10. The zero-order chi connectivity index (χ0) is 12.1. The molecule has 1 aromatic carbocycles. The van der Waals surface area contributed by atoms with E-state index in [2.05, 4.69) is 31.9 Å². The number of methoxy groups -OCH3 is 1. The van der Waals surface area contributed by atoms with Crippen molar-refractivity contribution in [1.29, 1.82) is 0 Å². The van der Waals surface area contributed by atoms with Crippen LogP contribution in [0.15, 0.2) is 21.1 Å².